The maximum absolute atomic E-state index is 6.16. The van der Waals surface area contributed by atoms with Crippen LogP contribution in [0.15, 0.2) is 12.4 Å². The molecule has 1 aliphatic heterocycles. The van der Waals surface area contributed by atoms with E-state index in [0.717, 1.165) is 31.9 Å². The van der Waals surface area contributed by atoms with E-state index in [1.165, 1.54) is 0 Å². The largest absolute Gasteiger partial charge is 0.366 e. The van der Waals surface area contributed by atoms with Gasteiger partial charge in [0.25, 0.3) is 0 Å². The van der Waals surface area contributed by atoms with Crippen molar-refractivity contribution < 1.29 is 0 Å². The van der Waals surface area contributed by atoms with Crippen LogP contribution >= 0.6 is 23.2 Å². The Bertz CT molecular complexity index is 367. The number of nitrogens with zero attached hydrogens (tertiary/aromatic N) is 3. The highest BCUT2D eigenvalue weighted by atomic mass is 35.5. The van der Waals surface area contributed by atoms with Crippen molar-refractivity contribution in [1.29, 1.82) is 0 Å². The van der Waals surface area contributed by atoms with Crippen molar-refractivity contribution in [3.63, 3.8) is 0 Å². The van der Waals surface area contributed by atoms with Crippen LogP contribution in [-0.2, 0) is 0 Å². The fourth-order valence-electron chi connectivity index (χ4n) is 2.17. The lowest BCUT2D eigenvalue weighted by atomic mass is 10.2. The fraction of sp³-hybridized carbons (Fsp3) is 0.583. The molecule has 17 heavy (non-hydrogen) atoms. The molecule has 2 rings (SSSR count). The molecule has 1 aromatic rings. The van der Waals surface area contributed by atoms with Gasteiger partial charge < -0.3 is 4.90 Å². The van der Waals surface area contributed by atoms with Crippen LogP contribution in [0.2, 0.25) is 10.0 Å². The van der Waals surface area contributed by atoms with Crippen molar-refractivity contribution in [2.45, 2.75) is 19.9 Å². The second kappa shape index (κ2) is 5.42. The molecule has 0 radical (unpaired) electrons. The van der Waals surface area contributed by atoms with E-state index in [2.05, 4.69) is 28.6 Å². The summed E-state index contributed by atoms with van der Waals surface area (Å²) in [4.78, 5) is 8.68. The van der Waals surface area contributed by atoms with Crippen LogP contribution in [0, 0.1) is 0 Å². The van der Waals surface area contributed by atoms with Gasteiger partial charge in [0, 0.05) is 44.6 Å². The zero-order valence-corrected chi connectivity index (χ0v) is 11.7. The Labute approximate surface area is 112 Å². The van der Waals surface area contributed by atoms with Crippen LogP contribution in [0.1, 0.15) is 13.8 Å². The second-order valence-electron chi connectivity index (χ2n) is 4.57. The van der Waals surface area contributed by atoms with E-state index >= 15 is 0 Å². The molecule has 94 valence electrons. The standard InChI is InChI=1S/C12H17Cl2N3/c1-9(2)16-3-5-17(6-4-16)12-10(13)7-15-8-11(12)14/h7-9H,3-6H2,1-2H3. The van der Waals surface area contributed by atoms with Gasteiger partial charge in [-0.25, -0.2) is 0 Å². The molecule has 1 saturated heterocycles. The summed E-state index contributed by atoms with van der Waals surface area (Å²) >= 11 is 12.3. The summed E-state index contributed by atoms with van der Waals surface area (Å²) in [7, 11) is 0. The van der Waals surface area contributed by atoms with E-state index in [1.807, 2.05) is 0 Å². The van der Waals surface area contributed by atoms with Gasteiger partial charge in [0.15, 0.2) is 0 Å². The number of rotatable bonds is 2. The summed E-state index contributed by atoms with van der Waals surface area (Å²) in [6.07, 6.45) is 3.30. The van der Waals surface area contributed by atoms with E-state index in [-0.39, 0.29) is 0 Å². The molecule has 1 fully saturated rings. The molecule has 0 bridgehead atoms. The molecule has 0 atom stereocenters. The van der Waals surface area contributed by atoms with Crippen LogP contribution in [0.5, 0.6) is 0 Å². The molecule has 3 nitrogen and oxygen atoms in total. The van der Waals surface area contributed by atoms with E-state index in [0.29, 0.717) is 16.1 Å². The lowest BCUT2D eigenvalue weighted by Gasteiger charge is -2.38. The first-order valence-electron chi connectivity index (χ1n) is 5.87. The van der Waals surface area contributed by atoms with E-state index in [9.17, 15) is 0 Å². The molecule has 0 spiro atoms. The van der Waals surface area contributed by atoms with Gasteiger partial charge in [-0.05, 0) is 13.8 Å². The Morgan fingerprint density at radius 1 is 1.06 bits per heavy atom. The first-order valence-corrected chi connectivity index (χ1v) is 6.63. The maximum Gasteiger partial charge on any atom is 0.0838 e. The zero-order valence-electron chi connectivity index (χ0n) is 10.2. The van der Waals surface area contributed by atoms with E-state index < -0.39 is 0 Å². The number of anilines is 1. The monoisotopic (exact) mass is 273 g/mol. The van der Waals surface area contributed by atoms with Crippen LogP contribution in [0.25, 0.3) is 0 Å². The topological polar surface area (TPSA) is 19.4 Å². The molecule has 0 aliphatic carbocycles. The van der Waals surface area contributed by atoms with Gasteiger partial charge >= 0.3 is 0 Å². The SMILES string of the molecule is CC(C)N1CCN(c2c(Cl)cncc2Cl)CC1. The normalized spacial score (nSPS) is 17.8. The van der Waals surface area contributed by atoms with Gasteiger partial charge in [-0.15, -0.1) is 0 Å². The molecule has 5 heteroatoms. The quantitative estimate of drug-likeness (QED) is 0.826. The Balaban J connectivity index is 2.11. The summed E-state index contributed by atoms with van der Waals surface area (Å²) in [6, 6.07) is 0.598. The van der Waals surface area contributed by atoms with Crippen LogP contribution in [0.4, 0.5) is 5.69 Å². The first-order chi connectivity index (χ1) is 8.09. The average molecular weight is 274 g/mol. The van der Waals surface area contributed by atoms with Gasteiger partial charge in [0.05, 0.1) is 15.7 Å². The first kappa shape index (κ1) is 12.9. The molecule has 0 unspecified atom stereocenters. The minimum absolute atomic E-state index is 0.598. The number of hydrogen-bond acceptors (Lipinski definition) is 3. The average Bonchev–Trinajstić information content (AvgIpc) is 2.29. The van der Waals surface area contributed by atoms with Crippen LogP contribution in [0.3, 0.4) is 0 Å². The molecular formula is C12H17Cl2N3. The van der Waals surface area contributed by atoms with Gasteiger partial charge in [0.1, 0.15) is 0 Å². The molecule has 2 heterocycles. The van der Waals surface area contributed by atoms with E-state index in [4.69, 9.17) is 23.2 Å². The third-order valence-electron chi connectivity index (χ3n) is 3.19. The molecule has 0 N–H and O–H groups in total. The zero-order chi connectivity index (χ0) is 12.4. The highest BCUT2D eigenvalue weighted by Crippen LogP contribution is 2.33. The van der Waals surface area contributed by atoms with Gasteiger partial charge in [-0.3, -0.25) is 9.88 Å². The number of aromatic nitrogens is 1. The van der Waals surface area contributed by atoms with Gasteiger partial charge in [-0.1, -0.05) is 23.2 Å². The van der Waals surface area contributed by atoms with E-state index in [1.54, 1.807) is 12.4 Å². The third-order valence-corrected chi connectivity index (χ3v) is 3.74. The minimum Gasteiger partial charge on any atom is -0.366 e. The summed E-state index contributed by atoms with van der Waals surface area (Å²) in [6.45, 7) is 8.46. The highest BCUT2D eigenvalue weighted by molar-refractivity contribution is 6.38. The predicted octanol–water partition coefficient (Wildman–Crippen LogP) is 2.92. The van der Waals surface area contributed by atoms with Gasteiger partial charge in [0.2, 0.25) is 0 Å². The number of pyridine rings is 1. The number of hydrogen-bond donors (Lipinski definition) is 0. The van der Waals surface area contributed by atoms with Crippen molar-refractivity contribution in [2.75, 3.05) is 31.1 Å². The van der Waals surface area contributed by atoms with Crippen LogP contribution in [-0.4, -0.2) is 42.1 Å². The van der Waals surface area contributed by atoms with Crippen molar-refractivity contribution in [1.82, 2.24) is 9.88 Å². The number of piperazine rings is 1. The summed E-state index contributed by atoms with van der Waals surface area (Å²) in [5.74, 6) is 0. The number of halogens is 2. The third kappa shape index (κ3) is 2.84. The molecular weight excluding hydrogens is 257 g/mol. The van der Waals surface area contributed by atoms with Gasteiger partial charge in [-0.2, -0.15) is 0 Å². The Kier molecular flexibility index (Phi) is 4.13. The Morgan fingerprint density at radius 3 is 2.06 bits per heavy atom. The van der Waals surface area contributed by atoms with Crippen molar-refractivity contribution in [2.24, 2.45) is 0 Å². The summed E-state index contributed by atoms with van der Waals surface area (Å²) in [5.41, 5.74) is 0.923. The highest BCUT2D eigenvalue weighted by Gasteiger charge is 2.22. The molecule has 0 aromatic carbocycles. The fourth-order valence-corrected chi connectivity index (χ4v) is 2.77. The summed E-state index contributed by atoms with van der Waals surface area (Å²) < 4.78 is 0. The lowest BCUT2D eigenvalue weighted by Crippen LogP contribution is -2.49. The molecule has 0 amide bonds. The van der Waals surface area contributed by atoms with Crippen LogP contribution < -0.4 is 4.90 Å². The maximum atomic E-state index is 6.16. The summed E-state index contributed by atoms with van der Waals surface area (Å²) in [5, 5.41) is 1.27. The smallest absolute Gasteiger partial charge is 0.0838 e. The molecule has 1 aliphatic rings. The Hall–Kier alpha value is -0.510. The Morgan fingerprint density at radius 2 is 1.59 bits per heavy atom. The van der Waals surface area contributed by atoms with Crippen molar-refractivity contribution in [3.05, 3.63) is 22.4 Å². The minimum atomic E-state index is 0.598. The van der Waals surface area contributed by atoms with Crippen molar-refractivity contribution >= 4 is 28.9 Å². The van der Waals surface area contributed by atoms with Crippen molar-refractivity contribution in [3.8, 4) is 0 Å². The second-order valence-corrected chi connectivity index (χ2v) is 5.38. The molecule has 1 aromatic heterocycles. The predicted molar refractivity (Wildman–Crippen MR) is 73.2 cm³/mol. The lowest BCUT2D eigenvalue weighted by molar-refractivity contribution is 0.209. The molecule has 0 saturated carbocycles.